The molecule has 5 heteroatoms. The molecule has 2 aromatic carbocycles. The molecular weight excluding hydrogens is 348 g/mol. The number of hydrogen-bond acceptors (Lipinski definition) is 3. The number of halogens is 1. The Morgan fingerprint density at radius 3 is 2.00 bits per heavy atom. The predicted molar refractivity (Wildman–Crippen MR) is 106 cm³/mol. The Morgan fingerprint density at radius 1 is 0.808 bits per heavy atom. The number of amides is 2. The van der Waals surface area contributed by atoms with Crippen LogP contribution in [0.5, 0.6) is 0 Å². The van der Waals surface area contributed by atoms with E-state index in [4.69, 9.17) is 0 Å². The summed E-state index contributed by atoms with van der Waals surface area (Å²) in [5.41, 5.74) is 2.39. The minimum absolute atomic E-state index is 0. The molecular formula is C21H25ClN2O2. The fourth-order valence-corrected chi connectivity index (χ4v) is 3.24. The van der Waals surface area contributed by atoms with Gasteiger partial charge in [-0.25, -0.2) is 0 Å². The molecule has 0 aromatic heterocycles. The van der Waals surface area contributed by atoms with Crippen LogP contribution in [0.25, 0.3) is 0 Å². The predicted octanol–water partition coefficient (Wildman–Crippen LogP) is 4.01. The molecule has 0 saturated heterocycles. The molecule has 3 rings (SSSR count). The van der Waals surface area contributed by atoms with Gasteiger partial charge in [-0.05, 0) is 44.1 Å². The van der Waals surface area contributed by atoms with Gasteiger partial charge in [0.25, 0.3) is 11.8 Å². The Hall–Kier alpha value is -2.17. The SMILES string of the molecule is CN(CCCCCN1C(=O)c2ccccc2C1=O)Cc1ccccc1.Cl. The second kappa shape index (κ2) is 9.51. The van der Waals surface area contributed by atoms with Gasteiger partial charge in [-0.1, -0.05) is 48.9 Å². The molecule has 0 saturated carbocycles. The summed E-state index contributed by atoms with van der Waals surface area (Å²) in [5.74, 6) is -0.302. The van der Waals surface area contributed by atoms with Crippen molar-refractivity contribution in [1.82, 2.24) is 9.80 Å². The highest BCUT2D eigenvalue weighted by Crippen LogP contribution is 2.22. The third-order valence-electron chi connectivity index (χ3n) is 4.60. The van der Waals surface area contributed by atoms with Crippen molar-refractivity contribution in [3.05, 3.63) is 71.3 Å². The van der Waals surface area contributed by atoms with Crippen molar-refractivity contribution in [3.8, 4) is 0 Å². The fraction of sp³-hybridized carbons (Fsp3) is 0.333. The lowest BCUT2D eigenvalue weighted by Gasteiger charge is -2.17. The maximum absolute atomic E-state index is 12.3. The van der Waals surface area contributed by atoms with E-state index in [1.54, 1.807) is 24.3 Å². The Balaban J connectivity index is 0.00000243. The van der Waals surface area contributed by atoms with Gasteiger partial charge in [-0.15, -0.1) is 12.4 Å². The molecule has 2 amide bonds. The third-order valence-corrected chi connectivity index (χ3v) is 4.60. The van der Waals surface area contributed by atoms with Crippen molar-refractivity contribution in [2.24, 2.45) is 0 Å². The zero-order chi connectivity index (χ0) is 17.6. The first-order valence-corrected chi connectivity index (χ1v) is 8.84. The van der Waals surface area contributed by atoms with Crippen LogP contribution in [0.1, 0.15) is 45.5 Å². The highest BCUT2D eigenvalue weighted by molar-refractivity contribution is 6.21. The van der Waals surface area contributed by atoms with Crippen LogP contribution >= 0.6 is 12.4 Å². The summed E-state index contributed by atoms with van der Waals surface area (Å²) < 4.78 is 0. The molecule has 0 radical (unpaired) electrons. The molecule has 4 nitrogen and oxygen atoms in total. The molecule has 1 aliphatic heterocycles. The maximum Gasteiger partial charge on any atom is 0.261 e. The largest absolute Gasteiger partial charge is 0.302 e. The summed E-state index contributed by atoms with van der Waals surface area (Å²) in [7, 11) is 2.12. The van der Waals surface area contributed by atoms with Gasteiger partial charge in [-0.3, -0.25) is 14.5 Å². The summed E-state index contributed by atoms with van der Waals surface area (Å²) in [4.78, 5) is 28.2. The minimum atomic E-state index is -0.151. The molecule has 0 aliphatic carbocycles. The zero-order valence-corrected chi connectivity index (χ0v) is 15.9. The average molecular weight is 373 g/mol. The van der Waals surface area contributed by atoms with E-state index in [1.165, 1.54) is 10.5 Å². The number of benzene rings is 2. The number of rotatable bonds is 8. The van der Waals surface area contributed by atoms with Gasteiger partial charge in [0, 0.05) is 13.1 Å². The van der Waals surface area contributed by atoms with E-state index in [9.17, 15) is 9.59 Å². The number of nitrogens with zero attached hydrogens (tertiary/aromatic N) is 2. The molecule has 0 atom stereocenters. The van der Waals surface area contributed by atoms with E-state index in [2.05, 4.69) is 36.2 Å². The molecule has 0 unspecified atom stereocenters. The molecule has 0 spiro atoms. The molecule has 26 heavy (non-hydrogen) atoms. The van der Waals surface area contributed by atoms with Crippen molar-refractivity contribution >= 4 is 24.2 Å². The molecule has 1 aliphatic rings. The van der Waals surface area contributed by atoms with Crippen LogP contribution in [0.2, 0.25) is 0 Å². The summed E-state index contributed by atoms with van der Waals surface area (Å²) in [5, 5.41) is 0. The Labute approximate surface area is 161 Å². The highest BCUT2D eigenvalue weighted by Gasteiger charge is 2.34. The summed E-state index contributed by atoms with van der Waals surface area (Å²) in [6.45, 7) is 2.46. The normalized spacial score (nSPS) is 13.1. The maximum atomic E-state index is 12.3. The summed E-state index contributed by atoms with van der Waals surface area (Å²) in [6.07, 6.45) is 2.92. The zero-order valence-electron chi connectivity index (χ0n) is 15.1. The fourth-order valence-electron chi connectivity index (χ4n) is 3.24. The Bertz CT molecular complexity index is 714. The number of unbranched alkanes of at least 4 members (excludes halogenated alkanes) is 2. The van der Waals surface area contributed by atoms with Gasteiger partial charge in [0.15, 0.2) is 0 Å². The Kier molecular flexibility index (Phi) is 7.37. The van der Waals surface area contributed by atoms with Crippen molar-refractivity contribution in [1.29, 1.82) is 0 Å². The second-order valence-corrected chi connectivity index (χ2v) is 6.59. The van der Waals surface area contributed by atoms with E-state index < -0.39 is 0 Å². The van der Waals surface area contributed by atoms with E-state index in [0.717, 1.165) is 32.4 Å². The number of carbonyl (C=O) groups is 2. The van der Waals surface area contributed by atoms with Crippen molar-refractivity contribution < 1.29 is 9.59 Å². The van der Waals surface area contributed by atoms with E-state index in [1.807, 2.05) is 6.07 Å². The second-order valence-electron chi connectivity index (χ2n) is 6.59. The van der Waals surface area contributed by atoms with Crippen LogP contribution < -0.4 is 0 Å². The van der Waals surface area contributed by atoms with Gasteiger partial charge < -0.3 is 4.90 Å². The topological polar surface area (TPSA) is 40.6 Å². The summed E-state index contributed by atoms with van der Waals surface area (Å²) >= 11 is 0. The van der Waals surface area contributed by atoms with Crippen LogP contribution in [-0.2, 0) is 6.54 Å². The van der Waals surface area contributed by atoms with Crippen LogP contribution in [0.4, 0.5) is 0 Å². The first kappa shape index (κ1) is 20.1. The van der Waals surface area contributed by atoms with Gasteiger partial charge in [0.05, 0.1) is 11.1 Å². The molecule has 0 fully saturated rings. The molecule has 1 heterocycles. The van der Waals surface area contributed by atoms with E-state index >= 15 is 0 Å². The molecule has 0 N–H and O–H groups in total. The monoisotopic (exact) mass is 372 g/mol. The van der Waals surface area contributed by atoms with Crippen LogP contribution in [0, 0.1) is 0 Å². The van der Waals surface area contributed by atoms with Gasteiger partial charge >= 0.3 is 0 Å². The molecule has 2 aromatic rings. The third kappa shape index (κ3) is 4.71. The average Bonchev–Trinajstić information content (AvgIpc) is 2.87. The lowest BCUT2D eigenvalue weighted by molar-refractivity contribution is 0.0651. The number of imide groups is 1. The standard InChI is InChI=1S/C21H24N2O2.ClH/c1-22(16-17-10-4-2-5-11-17)14-8-3-9-15-23-20(24)18-12-6-7-13-19(18)21(23)25;/h2,4-7,10-13H,3,8-9,14-16H2,1H3;1H. The van der Waals surface area contributed by atoms with Gasteiger partial charge in [-0.2, -0.15) is 0 Å². The van der Waals surface area contributed by atoms with E-state index in [-0.39, 0.29) is 24.2 Å². The van der Waals surface area contributed by atoms with E-state index in [0.29, 0.717) is 17.7 Å². The number of hydrogen-bond donors (Lipinski definition) is 0. The smallest absolute Gasteiger partial charge is 0.261 e. The van der Waals surface area contributed by atoms with Gasteiger partial charge in [0.1, 0.15) is 0 Å². The lowest BCUT2D eigenvalue weighted by atomic mass is 10.1. The quantitative estimate of drug-likeness (QED) is 0.519. The van der Waals surface area contributed by atoms with Crippen molar-refractivity contribution in [2.75, 3.05) is 20.1 Å². The van der Waals surface area contributed by atoms with Crippen LogP contribution in [0.15, 0.2) is 54.6 Å². The van der Waals surface area contributed by atoms with Crippen molar-refractivity contribution in [2.45, 2.75) is 25.8 Å². The first-order valence-electron chi connectivity index (χ1n) is 8.84. The Morgan fingerprint density at radius 2 is 1.38 bits per heavy atom. The molecule has 138 valence electrons. The minimum Gasteiger partial charge on any atom is -0.302 e. The number of carbonyl (C=O) groups excluding carboxylic acids is 2. The summed E-state index contributed by atoms with van der Waals surface area (Å²) in [6, 6.07) is 17.5. The molecule has 0 bridgehead atoms. The number of fused-ring (bicyclic) bond motifs is 1. The van der Waals surface area contributed by atoms with Crippen molar-refractivity contribution in [3.63, 3.8) is 0 Å². The van der Waals surface area contributed by atoms with Crippen LogP contribution in [-0.4, -0.2) is 41.8 Å². The van der Waals surface area contributed by atoms with Crippen LogP contribution in [0.3, 0.4) is 0 Å². The first-order chi connectivity index (χ1) is 12.2. The van der Waals surface area contributed by atoms with Gasteiger partial charge in [0.2, 0.25) is 0 Å². The highest BCUT2D eigenvalue weighted by atomic mass is 35.5. The lowest BCUT2D eigenvalue weighted by Crippen LogP contribution is -2.30.